The van der Waals surface area contributed by atoms with Crippen molar-refractivity contribution in [2.75, 3.05) is 44.3 Å². The minimum absolute atomic E-state index is 0.125. The van der Waals surface area contributed by atoms with Crippen molar-refractivity contribution < 1.29 is 18.4 Å². The van der Waals surface area contributed by atoms with Gasteiger partial charge in [0, 0.05) is 31.7 Å². The number of hydrogen-bond donors (Lipinski definition) is 1. The fraction of sp³-hybridized carbons (Fsp3) is 0.524. The average molecular weight is 404 g/mol. The Morgan fingerprint density at radius 1 is 1.28 bits per heavy atom. The summed E-state index contributed by atoms with van der Waals surface area (Å²) in [5.41, 5.74) is 2.21. The molecule has 7 nitrogen and oxygen atoms in total. The number of hydrogen-bond acceptors (Lipinski definition) is 5. The molecule has 0 spiro atoms. The van der Waals surface area contributed by atoms with Gasteiger partial charge in [0.2, 0.25) is 5.88 Å². The van der Waals surface area contributed by atoms with E-state index in [9.17, 15) is 9.18 Å². The monoisotopic (exact) mass is 404 g/mol. The van der Waals surface area contributed by atoms with E-state index in [0.29, 0.717) is 63.4 Å². The van der Waals surface area contributed by atoms with Crippen molar-refractivity contribution in [3.05, 3.63) is 35.6 Å². The molecule has 0 radical (unpaired) electrons. The maximum Gasteiger partial charge on any atom is 0.317 e. The average Bonchev–Trinajstić information content (AvgIpc) is 3.12. The molecule has 0 bridgehead atoms. The van der Waals surface area contributed by atoms with Gasteiger partial charge in [0.1, 0.15) is 11.5 Å². The second kappa shape index (κ2) is 9.73. The van der Waals surface area contributed by atoms with Crippen molar-refractivity contribution in [3.63, 3.8) is 0 Å². The molecule has 3 rings (SSSR count). The van der Waals surface area contributed by atoms with Crippen molar-refractivity contribution >= 4 is 11.9 Å². The van der Waals surface area contributed by atoms with Crippen LogP contribution in [0.5, 0.6) is 0 Å². The molecule has 0 aliphatic carbocycles. The third kappa shape index (κ3) is 5.26. The topological polar surface area (TPSA) is 70.8 Å². The molecule has 1 aliphatic heterocycles. The number of rotatable bonds is 7. The molecule has 2 amide bonds. The summed E-state index contributed by atoms with van der Waals surface area (Å²) in [5.74, 6) is 0.639. The van der Waals surface area contributed by atoms with Crippen LogP contribution in [-0.4, -0.2) is 55.5 Å². The van der Waals surface area contributed by atoms with Crippen LogP contribution >= 0.6 is 0 Å². The predicted molar refractivity (Wildman–Crippen MR) is 109 cm³/mol. The lowest BCUT2D eigenvalue weighted by Crippen LogP contribution is -2.42. The molecule has 1 aliphatic rings. The second-order valence-electron chi connectivity index (χ2n) is 7.53. The predicted octanol–water partition coefficient (Wildman–Crippen LogP) is 3.50. The maximum absolute atomic E-state index is 13.4. The Balaban J connectivity index is 1.98. The van der Waals surface area contributed by atoms with E-state index in [2.05, 4.69) is 29.2 Å². The number of urea groups is 1. The summed E-state index contributed by atoms with van der Waals surface area (Å²) in [4.78, 5) is 16.5. The molecular weight excluding hydrogens is 375 g/mol. The zero-order valence-electron chi connectivity index (χ0n) is 17.3. The van der Waals surface area contributed by atoms with Crippen LogP contribution < -0.4 is 10.2 Å². The number of halogens is 1. The van der Waals surface area contributed by atoms with Crippen LogP contribution in [0, 0.1) is 11.7 Å². The lowest BCUT2D eigenvalue weighted by molar-refractivity contribution is 0.120. The highest BCUT2D eigenvalue weighted by Crippen LogP contribution is 2.33. The Hall–Kier alpha value is -2.61. The number of morpholine rings is 1. The van der Waals surface area contributed by atoms with Gasteiger partial charge in [-0.25, -0.2) is 9.18 Å². The van der Waals surface area contributed by atoms with Gasteiger partial charge < -0.3 is 24.4 Å². The standard InChI is InChI=1S/C21H29FN4O3/c1-4-23-21(27)26(13-15(2)3)14-18-19(16-5-7-17(22)8-6-16)24-29-20(18)25-9-11-28-12-10-25/h5-8,15H,4,9-14H2,1-3H3,(H,23,27). The number of carbonyl (C=O) groups excluding carboxylic acids is 1. The summed E-state index contributed by atoms with van der Waals surface area (Å²) in [7, 11) is 0. The van der Waals surface area contributed by atoms with Gasteiger partial charge in [-0.1, -0.05) is 19.0 Å². The van der Waals surface area contributed by atoms with Gasteiger partial charge in [-0.3, -0.25) is 0 Å². The number of anilines is 1. The highest BCUT2D eigenvalue weighted by molar-refractivity contribution is 5.75. The van der Waals surface area contributed by atoms with Crippen molar-refractivity contribution in [2.24, 2.45) is 5.92 Å². The number of aromatic nitrogens is 1. The first-order valence-corrected chi connectivity index (χ1v) is 10.1. The van der Waals surface area contributed by atoms with E-state index in [0.717, 1.165) is 11.1 Å². The van der Waals surface area contributed by atoms with Gasteiger partial charge in [0.05, 0.1) is 25.3 Å². The van der Waals surface area contributed by atoms with E-state index in [1.807, 2.05) is 6.92 Å². The molecule has 0 saturated carbocycles. The van der Waals surface area contributed by atoms with Crippen molar-refractivity contribution in [1.29, 1.82) is 0 Å². The van der Waals surface area contributed by atoms with Gasteiger partial charge in [-0.05, 0) is 37.1 Å². The van der Waals surface area contributed by atoms with Crippen LogP contribution in [0.3, 0.4) is 0 Å². The van der Waals surface area contributed by atoms with Gasteiger partial charge in [-0.2, -0.15) is 0 Å². The van der Waals surface area contributed by atoms with Crippen LogP contribution in [0.4, 0.5) is 15.1 Å². The number of ether oxygens (including phenoxy) is 1. The Kier molecular flexibility index (Phi) is 7.09. The van der Waals surface area contributed by atoms with Gasteiger partial charge >= 0.3 is 6.03 Å². The first-order valence-electron chi connectivity index (χ1n) is 10.1. The van der Waals surface area contributed by atoms with Gasteiger partial charge in [0.25, 0.3) is 0 Å². The van der Waals surface area contributed by atoms with Crippen LogP contribution in [0.25, 0.3) is 11.3 Å². The van der Waals surface area contributed by atoms with E-state index in [1.165, 1.54) is 12.1 Å². The first-order chi connectivity index (χ1) is 14.0. The molecular formula is C21H29FN4O3. The largest absolute Gasteiger partial charge is 0.378 e. The highest BCUT2D eigenvalue weighted by Gasteiger charge is 2.27. The molecule has 29 heavy (non-hydrogen) atoms. The molecule has 0 unspecified atom stereocenters. The number of amides is 2. The molecule has 2 heterocycles. The third-order valence-electron chi connectivity index (χ3n) is 4.73. The van der Waals surface area contributed by atoms with Gasteiger partial charge in [-0.15, -0.1) is 0 Å². The van der Waals surface area contributed by atoms with E-state index in [4.69, 9.17) is 9.26 Å². The summed E-state index contributed by atoms with van der Waals surface area (Å²) in [5, 5.41) is 7.17. The lowest BCUT2D eigenvalue weighted by atomic mass is 10.1. The SMILES string of the molecule is CCNC(=O)N(Cc1c(-c2ccc(F)cc2)noc1N1CCOCC1)CC(C)C. The molecule has 158 valence electrons. The zero-order chi connectivity index (χ0) is 20.8. The lowest BCUT2D eigenvalue weighted by Gasteiger charge is -2.29. The van der Waals surface area contributed by atoms with Crippen LogP contribution in [-0.2, 0) is 11.3 Å². The number of carbonyl (C=O) groups is 1. The smallest absolute Gasteiger partial charge is 0.317 e. The second-order valence-corrected chi connectivity index (χ2v) is 7.53. The molecule has 1 aromatic carbocycles. The maximum atomic E-state index is 13.4. The van der Waals surface area contributed by atoms with Crippen molar-refractivity contribution in [1.82, 2.24) is 15.4 Å². The Morgan fingerprint density at radius 3 is 2.59 bits per heavy atom. The summed E-state index contributed by atoms with van der Waals surface area (Å²) in [6.07, 6.45) is 0. The molecule has 0 atom stereocenters. The van der Waals surface area contributed by atoms with E-state index in [-0.39, 0.29) is 11.8 Å². The number of nitrogens with zero attached hydrogens (tertiary/aromatic N) is 3. The summed E-state index contributed by atoms with van der Waals surface area (Å²) in [6, 6.07) is 6.04. The minimum Gasteiger partial charge on any atom is -0.378 e. The first kappa shape index (κ1) is 21.1. The van der Waals surface area contributed by atoms with Crippen molar-refractivity contribution in [3.8, 4) is 11.3 Å². The Labute approximate surface area is 170 Å². The summed E-state index contributed by atoms with van der Waals surface area (Å²) in [6.45, 7) is 10.2. The van der Waals surface area contributed by atoms with Crippen molar-refractivity contribution in [2.45, 2.75) is 27.3 Å². The quantitative estimate of drug-likeness (QED) is 0.765. The molecule has 2 aromatic rings. The fourth-order valence-electron chi connectivity index (χ4n) is 3.41. The van der Waals surface area contributed by atoms with E-state index >= 15 is 0 Å². The Bertz CT molecular complexity index is 801. The summed E-state index contributed by atoms with van der Waals surface area (Å²) < 4.78 is 24.6. The highest BCUT2D eigenvalue weighted by atomic mass is 19.1. The molecule has 1 aromatic heterocycles. The number of benzene rings is 1. The number of nitrogens with one attached hydrogen (secondary N) is 1. The fourth-order valence-corrected chi connectivity index (χ4v) is 3.41. The molecule has 1 N–H and O–H groups in total. The van der Waals surface area contributed by atoms with Crippen LogP contribution in [0.2, 0.25) is 0 Å². The molecule has 1 fully saturated rings. The van der Waals surface area contributed by atoms with E-state index < -0.39 is 0 Å². The molecule has 8 heteroatoms. The van der Waals surface area contributed by atoms with Gasteiger partial charge in [0.15, 0.2) is 0 Å². The minimum atomic E-state index is -0.309. The van der Waals surface area contributed by atoms with Crippen LogP contribution in [0.15, 0.2) is 28.8 Å². The third-order valence-corrected chi connectivity index (χ3v) is 4.73. The van der Waals surface area contributed by atoms with Crippen LogP contribution in [0.1, 0.15) is 26.3 Å². The summed E-state index contributed by atoms with van der Waals surface area (Å²) >= 11 is 0. The molecule has 1 saturated heterocycles. The normalized spacial score (nSPS) is 14.3. The van der Waals surface area contributed by atoms with E-state index in [1.54, 1.807) is 17.0 Å². The Morgan fingerprint density at radius 2 is 1.97 bits per heavy atom. The zero-order valence-corrected chi connectivity index (χ0v) is 17.3.